The van der Waals surface area contributed by atoms with Crippen LogP contribution in [0.3, 0.4) is 0 Å². The SMILES string of the molecule is [C-]#[N+][C@@H]1CCCN1C(=O)[C@H]1NC[C@H]2C[C@H]21. The Labute approximate surface area is 89.4 Å². The molecule has 2 saturated heterocycles. The smallest absolute Gasteiger partial charge is 0.300 e. The molecule has 2 heterocycles. The Morgan fingerprint density at radius 3 is 3.00 bits per heavy atom. The van der Waals surface area contributed by atoms with Crippen molar-refractivity contribution in [3.8, 4) is 0 Å². The second kappa shape index (κ2) is 3.21. The Balaban J connectivity index is 1.71. The summed E-state index contributed by atoms with van der Waals surface area (Å²) < 4.78 is 0. The minimum atomic E-state index is -0.183. The van der Waals surface area contributed by atoms with Gasteiger partial charge in [-0.25, -0.2) is 6.57 Å². The highest BCUT2D eigenvalue weighted by atomic mass is 16.2. The molecule has 0 aromatic heterocycles. The van der Waals surface area contributed by atoms with Crippen LogP contribution < -0.4 is 5.32 Å². The van der Waals surface area contributed by atoms with E-state index < -0.39 is 0 Å². The highest BCUT2D eigenvalue weighted by molar-refractivity contribution is 5.84. The van der Waals surface area contributed by atoms with Gasteiger partial charge in [0.25, 0.3) is 0 Å². The van der Waals surface area contributed by atoms with Gasteiger partial charge in [0.2, 0.25) is 5.91 Å². The maximum absolute atomic E-state index is 12.2. The Morgan fingerprint density at radius 2 is 2.40 bits per heavy atom. The van der Waals surface area contributed by atoms with E-state index in [2.05, 4.69) is 10.2 Å². The van der Waals surface area contributed by atoms with Crippen molar-refractivity contribution in [2.45, 2.75) is 31.5 Å². The number of nitrogens with one attached hydrogen (secondary N) is 1. The molecule has 80 valence electrons. The molecule has 4 atom stereocenters. The largest absolute Gasteiger partial charge is 0.305 e. The maximum Gasteiger partial charge on any atom is 0.300 e. The summed E-state index contributed by atoms with van der Waals surface area (Å²) in [5, 5.41) is 3.28. The number of hydrogen-bond donors (Lipinski definition) is 1. The van der Waals surface area contributed by atoms with Crippen LogP contribution >= 0.6 is 0 Å². The Bertz CT molecular complexity index is 335. The first-order valence-electron chi connectivity index (χ1n) is 5.71. The lowest BCUT2D eigenvalue weighted by Gasteiger charge is -2.21. The average molecular weight is 205 g/mol. The number of carbonyl (C=O) groups excluding carboxylic acids is 1. The van der Waals surface area contributed by atoms with Gasteiger partial charge in [-0.05, 0) is 31.2 Å². The molecule has 3 aliphatic rings. The van der Waals surface area contributed by atoms with Crippen molar-refractivity contribution in [1.29, 1.82) is 0 Å². The molecule has 3 fully saturated rings. The molecule has 2 aliphatic heterocycles. The summed E-state index contributed by atoms with van der Waals surface area (Å²) in [6.45, 7) is 8.84. The predicted molar refractivity (Wildman–Crippen MR) is 54.7 cm³/mol. The summed E-state index contributed by atoms with van der Waals surface area (Å²) in [5.41, 5.74) is 0. The van der Waals surface area contributed by atoms with E-state index in [-0.39, 0.29) is 18.1 Å². The van der Waals surface area contributed by atoms with Crippen LogP contribution in [-0.4, -0.2) is 36.1 Å². The van der Waals surface area contributed by atoms with E-state index in [1.165, 1.54) is 6.42 Å². The molecular formula is C11H15N3O. The summed E-state index contributed by atoms with van der Waals surface area (Å²) in [4.78, 5) is 17.5. The standard InChI is InChI=1S/C11H15N3O/c1-12-9-3-2-4-14(9)11(15)10-8-5-7(8)6-13-10/h7-10,13H,2-6H2/t7-,8-,9+,10+/m1/s1. The lowest BCUT2D eigenvalue weighted by atomic mass is 10.2. The Kier molecular flexibility index (Phi) is 1.96. The van der Waals surface area contributed by atoms with Crippen molar-refractivity contribution < 1.29 is 4.79 Å². The minimum Gasteiger partial charge on any atom is -0.305 e. The topological polar surface area (TPSA) is 36.7 Å². The first-order chi connectivity index (χ1) is 7.31. The molecule has 3 rings (SSSR count). The fraction of sp³-hybridized carbons (Fsp3) is 0.818. The van der Waals surface area contributed by atoms with Gasteiger partial charge >= 0.3 is 6.17 Å². The number of piperidine rings is 1. The maximum atomic E-state index is 12.2. The van der Waals surface area contributed by atoms with Gasteiger partial charge in [0.15, 0.2) is 0 Å². The lowest BCUT2D eigenvalue weighted by Crippen LogP contribution is -2.46. The van der Waals surface area contributed by atoms with E-state index in [0.29, 0.717) is 5.92 Å². The summed E-state index contributed by atoms with van der Waals surface area (Å²) in [6, 6.07) is 0.0253. The van der Waals surface area contributed by atoms with E-state index >= 15 is 0 Å². The van der Waals surface area contributed by atoms with Crippen LogP contribution in [0.25, 0.3) is 4.85 Å². The number of hydrogen-bond acceptors (Lipinski definition) is 2. The number of likely N-dealkylation sites (tertiary alicyclic amines) is 1. The Morgan fingerprint density at radius 1 is 1.53 bits per heavy atom. The summed E-state index contributed by atoms with van der Waals surface area (Å²) in [5.74, 6) is 1.50. The molecular weight excluding hydrogens is 190 g/mol. The Hall–Kier alpha value is -1.08. The second-order valence-corrected chi connectivity index (χ2v) is 4.83. The first kappa shape index (κ1) is 9.17. The molecule has 15 heavy (non-hydrogen) atoms. The van der Waals surface area contributed by atoms with Gasteiger partial charge in [-0.2, -0.15) is 0 Å². The molecule has 0 unspecified atom stereocenters. The molecule has 1 saturated carbocycles. The monoisotopic (exact) mass is 205 g/mol. The van der Waals surface area contributed by atoms with E-state index in [4.69, 9.17) is 6.57 Å². The van der Waals surface area contributed by atoms with E-state index in [1.54, 1.807) is 4.90 Å². The van der Waals surface area contributed by atoms with Crippen molar-refractivity contribution in [3.63, 3.8) is 0 Å². The third-order valence-electron chi connectivity index (χ3n) is 3.92. The number of fused-ring (bicyclic) bond motifs is 1. The average Bonchev–Trinajstić information content (AvgIpc) is 2.75. The van der Waals surface area contributed by atoms with E-state index in [0.717, 1.165) is 31.8 Å². The highest BCUT2D eigenvalue weighted by Gasteiger charge is 2.53. The third-order valence-corrected chi connectivity index (χ3v) is 3.92. The summed E-state index contributed by atoms with van der Waals surface area (Å²) in [7, 11) is 0. The van der Waals surface area contributed by atoms with E-state index in [1.807, 2.05) is 0 Å². The van der Waals surface area contributed by atoms with Gasteiger partial charge in [-0.15, -0.1) is 0 Å². The zero-order chi connectivity index (χ0) is 10.4. The van der Waals surface area contributed by atoms with Crippen LogP contribution in [0, 0.1) is 18.4 Å². The molecule has 0 spiro atoms. The van der Waals surface area contributed by atoms with Gasteiger partial charge in [-0.3, -0.25) is 14.5 Å². The van der Waals surface area contributed by atoms with Gasteiger partial charge in [0.1, 0.15) is 0 Å². The van der Waals surface area contributed by atoms with Gasteiger partial charge in [-0.1, -0.05) is 0 Å². The fourth-order valence-corrected chi connectivity index (χ4v) is 2.93. The molecule has 4 nitrogen and oxygen atoms in total. The molecule has 0 aromatic carbocycles. The third kappa shape index (κ3) is 1.34. The highest BCUT2D eigenvalue weighted by Crippen LogP contribution is 2.45. The van der Waals surface area contributed by atoms with Crippen LogP contribution in [0.15, 0.2) is 0 Å². The van der Waals surface area contributed by atoms with Gasteiger partial charge < -0.3 is 5.32 Å². The van der Waals surface area contributed by atoms with Crippen molar-refractivity contribution in [3.05, 3.63) is 11.4 Å². The minimum absolute atomic E-state index is 0.0253. The van der Waals surface area contributed by atoms with Crippen LogP contribution in [0.5, 0.6) is 0 Å². The molecule has 0 radical (unpaired) electrons. The number of rotatable bonds is 1. The normalized spacial score (nSPS) is 42.5. The molecule has 1 aliphatic carbocycles. The van der Waals surface area contributed by atoms with Crippen LogP contribution in [0.4, 0.5) is 0 Å². The zero-order valence-electron chi connectivity index (χ0n) is 8.65. The van der Waals surface area contributed by atoms with Crippen molar-refractivity contribution in [2.75, 3.05) is 13.1 Å². The summed E-state index contributed by atoms with van der Waals surface area (Å²) >= 11 is 0. The van der Waals surface area contributed by atoms with Gasteiger partial charge in [0, 0.05) is 13.0 Å². The fourth-order valence-electron chi connectivity index (χ4n) is 2.93. The molecule has 0 aromatic rings. The molecule has 4 heteroatoms. The van der Waals surface area contributed by atoms with Crippen molar-refractivity contribution in [2.24, 2.45) is 11.8 Å². The van der Waals surface area contributed by atoms with Crippen LogP contribution in [0.1, 0.15) is 19.3 Å². The molecule has 1 N–H and O–H groups in total. The zero-order valence-corrected chi connectivity index (χ0v) is 8.65. The summed E-state index contributed by atoms with van der Waals surface area (Å²) in [6.07, 6.45) is 2.87. The lowest BCUT2D eigenvalue weighted by molar-refractivity contribution is -0.133. The predicted octanol–water partition coefficient (Wildman–Crippen LogP) is 0.462. The van der Waals surface area contributed by atoms with Gasteiger partial charge in [0.05, 0.1) is 6.04 Å². The molecule has 1 amide bonds. The van der Waals surface area contributed by atoms with Crippen molar-refractivity contribution >= 4 is 5.91 Å². The van der Waals surface area contributed by atoms with Crippen LogP contribution in [0.2, 0.25) is 0 Å². The van der Waals surface area contributed by atoms with Crippen LogP contribution in [-0.2, 0) is 4.79 Å². The number of carbonyl (C=O) groups is 1. The quantitative estimate of drug-likeness (QED) is 0.631. The second-order valence-electron chi connectivity index (χ2n) is 4.83. The molecule has 0 bridgehead atoms. The first-order valence-corrected chi connectivity index (χ1v) is 5.71. The number of amides is 1. The van der Waals surface area contributed by atoms with E-state index in [9.17, 15) is 4.79 Å². The number of nitrogens with zero attached hydrogens (tertiary/aromatic N) is 2. The van der Waals surface area contributed by atoms with Crippen molar-refractivity contribution in [1.82, 2.24) is 10.2 Å².